The van der Waals surface area contributed by atoms with Crippen LogP contribution in [0.25, 0.3) is 0 Å². The Bertz CT molecular complexity index is 694. The molecule has 122 valence electrons. The highest BCUT2D eigenvalue weighted by molar-refractivity contribution is 7.87. The van der Waals surface area contributed by atoms with Gasteiger partial charge in [-0.1, -0.05) is 0 Å². The van der Waals surface area contributed by atoms with Crippen LogP contribution in [0.5, 0.6) is 0 Å². The molecule has 1 aliphatic heterocycles. The highest BCUT2D eigenvalue weighted by atomic mass is 32.2. The summed E-state index contributed by atoms with van der Waals surface area (Å²) in [6.45, 7) is 1.90. The lowest BCUT2D eigenvalue weighted by Crippen LogP contribution is -2.47. The molecule has 0 saturated carbocycles. The Hall–Kier alpha value is -1.29. The zero-order valence-electron chi connectivity index (χ0n) is 12.3. The van der Waals surface area contributed by atoms with Gasteiger partial charge in [-0.3, -0.25) is 4.79 Å². The molecule has 1 aliphatic carbocycles. The summed E-state index contributed by atoms with van der Waals surface area (Å²) in [6.07, 6.45) is 2.81. The third-order valence-electron chi connectivity index (χ3n) is 3.94. The second kappa shape index (κ2) is 6.45. The number of morpholine rings is 1. The van der Waals surface area contributed by atoms with Crippen molar-refractivity contribution in [3.05, 3.63) is 27.7 Å². The van der Waals surface area contributed by atoms with Crippen LogP contribution in [-0.4, -0.2) is 55.4 Å². The van der Waals surface area contributed by atoms with Gasteiger partial charge in [-0.25, -0.2) is 9.40 Å². The topological polar surface area (TPSA) is 93.5 Å². The van der Waals surface area contributed by atoms with Crippen LogP contribution in [-0.2, 0) is 34.3 Å². The Labute approximate surface area is 129 Å². The maximum Gasteiger partial charge on any atom is 0.279 e. The maximum absolute atomic E-state index is 12.1. The number of aromatic nitrogens is 2. The smallest absolute Gasteiger partial charge is 0.279 e. The summed E-state index contributed by atoms with van der Waals surface area (Å²) in [5, 5.41) is 4.32. The molecule has 2 heterocycles. The van der Waals surface area contributed by atoms with Gasteiger partial charge in [0.2, 0.25) is 0 Å². The van der Waals surface area contributed by atoms with Crippen LogP contribution in [0.4, 0.5) is 0 Å². The number of ether oxygens (including phenoxy) is 1. The molecule has 0 spiro atoms. The lowest BCUT2D eigenvalue weighted by Gasteiger charge is -2.26. The molecule has 1 saturated heterocycles. The maximum atomic E-state index is 12.1. The molecule has 0 amide bonds. The second-order valence-corrected chi connectivity index (χ2v) is 7.20. The molecule has 1 fully saturated rings. The van der Waals surface area contributed by atoms with Gasteiger partial charge < -0.3 is 4.74 Å². The summed E-state index contributed by atoms with van der Waals surface area (Å²) >= 11 is 0. The summed E-state index contributed by atoms with van der Waals surface area (Å²) in [6, 6.07) is 1.62. The summed E-state index contributed by atoms with van der Waals surface area (Å²) in [7, 11) is -3.52. The fraction of sp³-hybridized carbons (Fsp3) is 0.692. The minimum absolute atomic E-state index is 0.144. The average Bonchev–Trinajstić information content (AvgIpc) is 2.95. The van der Waals surface area contributed by atoms with Crippen LogP contribution in [0.3, 0.4) is 0 Å². The zero-order chi connectivity index (χ0) is 15.6. The van der Waals surface area contributed by atoms with E-state index in [0.717, 1.165) is 30.5 Å². The van der Waals surface area contributed by atoms with Crippen molar-refractivity contribution >= 4 is 10.2 Å². The number of aryl methyl sites for hydroxylation is 2. The van der Waals surface area contributed by atoms with E-state index in [-0.39, 0.29) is 18.6 Å². The Morgan fingerprint density at radius 3 is 2.82 bits per heavy atom. The van der Waals surface area contributed by atoms with E-state index in [1.54, 1.807) is 6.07 Å². The van der Waals surface area contributed by atoms with Crippen molar-refractivity contribution in [3.8, 4) is 0 Å². The third-order valence-corrected chi connectivity index (χ3v) is 5.56. The number of hydrogen-bond donors (Lipinski definition) is 1. The van der Waals surface area contributed by atoms with Crippen molar-refractivity contribution in [2.75, 3.05) is 32.8 Å². The summed E-state index contributed by atoms with van der Waals surface area (Å²) in [4.78, 5) is 11.9. The molecule has 1 aromatic heterocycles. The van der Waals surface area contributed by atoms with E-state index in [1.165, 1.54) is 8.99 Å². The Balaban J connectivity index is 1.60. The van der Waals surface area contributed by atoms with E-state index in [9.17, 15) is 13.2 Å². The summed E-state index contributed by atoms with van der Waals surface area (Å²) < 4.78 is 34.5. The molecule has 9 heteroatoms. The molecule has 0 aromatic carbocycles. The Morgan fingerprint density at radius 1 is 1.27 bits per heavy atom. The minimum atomic E-state index is -3.52. The third kappa shape index (κ3) is 3.37. The van der Waals surface area contributed by atoms with E-state index in [0.29, 0.717) is 26.3 Å². The molecule has 0 bridgehead atoms. The number of fused-ring (bicyclic) bond motifs is 1. The molecule has 0 radical (unpaired) electrons. The first-order valence-electron chi connectivity index (χ1n) is 7.49. The van der Waals surface area contributed by atoms with Gasteiger partial charge in [0.1, 0.15) is 0 Å². The van der Waals surface area contributed by atoms with E-state index in [2.05, 4.69) is 9.82 Å². The Morgan fingerprint density at radius 2 is 2.05 bits per heavy atom. The van der Waals surface area contributed by atoms with E-state index in [4.69, 9.17) is 4.74 Å². The number of rotatable bonds is 5. The molecule has 22 heavy (non-hydrogen) atoms. The average molecular weight is 328 g/mol. The van der Waals surface area contributed by atoms with Gasteiger partial charge >= 0.3 is 0 Å². The van der Waals surface area contributed by atoms with Crippen molar-refractivity contribution in [1.29, 1.82) is 0 Å². The highest BCUT2D eigenvalue weighted by Crippen LogP contribution is 2.16. The number of nitrogens with zero attached hydrogens (tertiary/aromatic N) is 3. The van der Waals surface area contributed by atoms with E-state index in [1.807, 2.05) is 0 Å². The van der Waals surface area contributed by atoms with Gasteiger partial charge in [-0.05, 0) is 24.8 Å². The van der Waals surface area contributed by atoms with Crippen molar-refractivity contribution in [1.82, 2.24) is 18.8 Å². The normalized spacial score (nSPS) is 19.3. The standard InChI is InChI=1S/C13H20N4O4S/c18-13-10-11-2-1-3-12(11)15-17(13)5-4-14-22(19,20)16-6-8-21-9-7-16/h10,14H,1-9H2. The van der Waals surface area contributed by atoms with Crippen LogP contribution in [0.1, 0.15) is 17.7 Å². The zero-order valence-corrected chi connectivity index (χ0v) is 13.1. The highest BCUT2D eigenvalue weighted by Gasteiger charge is 2.23. The van der Waals surface area contributed by atoms with Gasteiger partial charge in [0, 0.05) is 25.7 Å². The fourth-order valence-electron chi connectivity index (χ4n) is 2.76. The van der Waals surface area contributed by atoms with E-state index >= 15 is 0 Å². The number of hydrogen-bond acceptors (Lipinski definition) is 5. The van der Waals surface area contributed by atoms with Gasteiger partial charge in [-0.15, -0.1) is 0 Å². The molecule has 1 N–H and O–H groups in total. The SMILES string of the molecule is O=c1cc2c(nn1CCNS(=O)(=O)N1CCOCC1)CCC2. The monoisotopic (exact) mass is 328 g/mol. The number of nitrogens with one attached hydrogen (secondary N) is 1. The predicted octanol–water partition coefficient (Wildman–Crippen LogP) is -1.10. The molecular formula is C13H20N4O4S. The quantitative estimate of drug-likeness (QED) is 0.740. The van der Waals surface area contributed by atoms with Gasteiger partial charge in [0.15, 0.2) is 0 Å². The lowest BCUT2D eigenvalue weighted by molar-refractivity contribution is 0.0725. The summed E-state index contributed by atoms with van der Waals surface area (Å²) in [5.74, 6) is 0. The van der Waals surface area contributed by atoms with Crippen LogP contribution >= 0.6 is 0 Å². The predicted molar refractivity (Wildman–Crippen MR) is 79.8 cm³/mol. The van der Waals surface area contributed by atoms with Crippen molar-refractivity contribution in [3.63, 3.8) is 0 Å². The van der Waals surface area contributed by atoms with Crippen molar-refractivity contribution in [2.45, 2.75) is 25.8 Å². The summed E-state index contributed by atoms with van der Waals surface area (Å²) in [5.41, 5.74) is 1.80. The molecule has 0 unspecified atom stereocenters. The van der Waals surface area contributed by atoms with Gasteiger partial charge in [-0.2, -0.15) is 17.8 Å². The first-order valence-corrected chi connectivity index (χ1v) is 8.93. The molecule has 8 nitrogen and oxygen atoms in total. The van der Waals surface area contributed by atoms with Crippen LogP contribution in [0, 0.1) is 0 Å². The molecule has 2 aliphatic rings. The molecular weight excluding hydrogens is 308 g/mol. The van der Waals surface area contributed by atoms with Crippen LogP contribution in [0.15, 0.2) is 10.9 Å². The molecule has 1 aromatic rings. The van der Waals surface area contributed by atoms with Crippen LogP contribution < -0.4 is 10.3 Å². The van der Waals surface area contributed by atoms with Crippen molar-refractivity contribution < 1.29 is 13.2 Å². The first-order chi connectivity index (χ1) is 10.6. The molecule has 3 rings (SSSR count). The molecule has 0 atom stereocenters. The lowest BCUT2D eigenvalue weighted by atomic mass is 10.2. The van der Waals surface area contributed by atoms with Crippen molar-refractivity contribution in [2.24, 2.45) is 0 Å². The Kier molecular flexibility index (Phi) is 4.57. The van der Waals surface area contributed by atoms with Gasteiger partial charge in [0.05, 0.1) is 25.5 Å². The first kappa shape index (κ1) is 15.6. The fourth-order valence-corrected chi connectivity index (χ4v) is 3.92. The van der Waals surface area contributed by atoms with E-state index < -0.39 is 10.2 Å². The minimum Gasteiger partial charge on any atom is -0.379 e. The van der Waals surface area contributed by atoms with Gasteiger partial charge in [0.25, 0.3) is 15.8 Å². The van der Waals surface area contributed by atoms with Crippen LogP contribution in [0.2, 0.25) is 0 Å². The second-order valence-electron chi connectivity index (χ2n) is 5.44. The largest absolute Gasteiger partial charge is 0.379 e.